The van der Waals surface area contributed by atoms with Crippen LogP contribution in [-0.2, 0) is 0 Å². The first-order valence-electron chi connectivity index (χ1n) is 6.72. The highest BCUT2D eigenvalue weighted by Gasteiger charge is 2.36. The Kier molecular flexibility index (Phi) is 2.96. The van der Waals surface area contributed by atoms with Crippen LogP contribution in [0.25, 0.3) is 22.9 Å². The van der Waals surface area contributed by atoms with Crippen LogP contribution in [-0.4, -0.2) is 10.9 Å². The van der Waals surface area contributed by atoms with Gasteiger partial charge in [-0.05, 0) is 12.1 Å². The van der Waals surface area contributed by atoms with Crippen LogP contribution in [0.1, 0.15) is 21.8 Å². The number of benzene rings is 2. The zero-order valence-electron chi connectivity index (χ0n) is 11.7. The van der Waals surface area contributed by atoms with Crippen LogP contribution in [0.5, 0.6) is 0 Å². The molecule has 1 N–H and O–H groups in total. The molecule has 0 aliphatic carbocycles. The number of fused-ring (bicyclic) bond motifs is 2. The third kappa shape index (κ3) is 1.92. The fourth-order valence-corrected chi connectivity index (χ4v) is 2.53. The maximum atomic E-state index is 14.0. The molecular formula is C16H6F4N2O2. The van der Waals surface area contributed by atoms with E-state index in [0.29, 0.717) is 11.1 Å². The molecule has 24 heavy (non-hydrogen) atoms. The average Bonchev–Trinajstić information content (AvgIpc) is 3.11. The standard InChI is InChI=1S/C16H6F4N2O2/c17-12-10-7(5-9-21-6-3-1-2-4-8(6)24-9)22-16(23)11(10)13(18)15(20)14(12)19/h1-5H,(H,22,23)/b7-5-. The fourth-order valence-electron chi connectivity index (χ4n) is 2.53. The van der Waals surface area contributed by atoms with Gasteiger partial charge in [-0.3, -0.25) is 4.79 Å². The number of amides is 1. The highest BCUT2D eigenvalue weighted by molar-refractivity contribution is 6.12. The molecule has 3 aromatic rings. The number of carbonyl (C=O) groups is 1. The third-order valence-electron chi connectivity index (χ3n) is 3.59. The van der Waals surface area contributed by atoms with Crippen molar-refractivity contribution in [3.05, 3.63) is 64.6 Å². The summed E-state index contributed by atoms with van der Waals surface area (Å²) in [5, 5.41) is 2.16. The van der Waals surface area contributed by atoms with E-state index < -0.39 is 40.3 Å². The van der Waals surface area contributed by atoms with Gasteiger partial charge in [-0.2, -0.15) is 0 Å². The summed E-state index contributed by atoms with van der Waals surface area (Å²) in [5.41, 5.74) is -0.916. The molecule has 0 bridgehead atoms. The number of para-hydroxylation sites is 2. The number of aromatic nitrogens is 1. The van der Waals surface area contributed by atoms with Crippen molar-refractivity contribution in [1.82, 2.24) is 10.3 Å². The normalized spacial score (nSPS) is 15.2. The van der Waals surface area contributed by atoms with Gasteiger partial charge in [-0.25, -0.2) is 22.5 Å². The van der Waals surface area contributed by atoms with Gasteiger partial charge in [-0.15, -0.1) is 0 Å². The zero-order chi connectivity index (χ0) is 17.0. The molecule has 4 rings (SSSR count). The maximum absolute atomic E-state index is 14.0. The monoisotopic (exact) mass is 334 g/mol. The first-order chi connectivity index (χ1) is 11.5. The molecule has 1 aromatic heterocycles. The van der Waals surface area contributed by atoms with Gasteiger partial charge in [0.25, 0.3) is 5.91 Å². The van der Waals surface area contributed by atoms with E-state index in [-0.39, 0.29) is 11.6 Å². The van der Waals surface area contributed by atoms with Gasteiger partial charge in [0.05, 0.1) is 16.8 Å². The molecule has 0 fully saturated rings. The number of carbonyl (C=O) groups excluding carboxylic acids is 1. The third-order valence-corrected chi connectivity index (χ3v) is 3.59. The molecule has 0 saturated carbocycles. The van der Waals surface area contributed by atoms with E-state index in [1.165, 1.54) is 0 Å². The van der Waals surface area contributed by atoms with E-state index in [9.17, 15) is 22.4 Å². The van der Waals surface area contributed by atoms with E-state index in [0.717, 1.165) is 6.08 Å². The first-order valence-corrected chi connectivity index (χ1v) is 6.72. The molecule has 0 atom stereocenters. The summed E-state index contributed by atoms with van der Waals surface area (Å²) in [7, 11) is 0. The predicted octanol–water partition coefficient (Wildman–Crippen LogP) is 3.63. The lowest BCUT2D eigenvalue weighted by Crippen LogP contribution is -2.13. The molecule has 0 radical (unpaired) electrons. The van der Waals surface area contributed by atoms with Crippen LogP contribution in [0.15, 0.2) is 28.7 Å². The van der Waals surface area contributed by atoms with Crippen LogP contribution < -0.4 is 5.32 Å². The van der Waals surface area contributed by atoms with Gasteiger partial charge in [0.1, 0.15) is 5.52 Å². The first kappa shape index (κ1) is 14.4. The van der Waals surface area contributed by atoms with Crippen molar-refractivity contribution in [3.8, 4) is 0 Å². The second-order valence-corrected chi connectivity index (χ2v) is 5.04. The average molecular weight is 334 g/mol. The lowest BCUT2D eigenvalue weighted by molar-refractivity contribution is 0.0976. The van der Waals surface area contributed by atoms with Crippen molar-refractivity contribution in [2.75, 3.05) is 0 Å². The summed E-state index contributed by atoms with van der Waals surface area (Å²) in [6.07, 6.45) is 1.11. The molecule has 8 heteroatoms. The number of nitrogens with one attached hydrogen (secondary N) is 1. The Balaban J connectivity index is 1.92. The Morgan fingerprint density at radius 2 is 1.62 bits per heavy atom. The summed E-state index contributed by atoms with van der Waals surface area (Å²) in [5.74, 6) is -8.53. The van der Waals surface area contributed by atoms with Crippen molar-refractivity contribution in [1.29, 1.82) is 0 Å². The molecular weight excluding hydrogens is 328 g/mol. The second kappa shape index (κ2) is 4.92. The molecule has 0 saturated heterocycles. The summed E-state index contributed by atoms with van der Waals surface area (Å²) in [6.45, 7) is 0. The Morgan fingerprint density at radius 3 is 2.33 bits per heavy atom. The van der Waals surface area contributed by atoms with Gasteiger partial charge in [0.15, 0.2) is 28.9 Å². The topological polar surface area (TPSA) is 55.1 Å². The Morgan fingerprint density at radius 1 is 0.958 bits per heavy atom. The SMILES string of the molecule is O=C1N/C(=C\c2nc3ccccc3o2)c2c(F)c(F)c(F)c(F)c21. The second-order valence-electron chi connectivity index (χ2n) is 5.04. The summed E-state index contributed by atoms with van der Waals surface area (Å²) in [6, 6.07) is 6.74. The van der Waals surface area contributed by atoms with Gasteiger partial charge in [0.2, 0.25) is 5.89 Å². The van der Waals surface area contributed by atoms with E-state index in [1.807, 2.05) is 0 Å². The summed E-state index contributed by atoms with van der Waals surface area (Å²) in [4.78, 5) is 15.9. The number of hydrogen-bond acceptors (Lipinski definition) is 3. The molecule has 2 aromatic carbocycles. The number of hydrogen-bond donors (Lipinski definition) is 1. The van der Waals surface area contributed by atoms with Crippen molar-refractivity contribution in [2.24, 2.45) is 0 Å². The van der Waals surface area contributed by atoms with Crippen molar-refractivity contribution >= 4 is 28.8 Å². The van der Waals surface area contributed by atoms with Crippen molar-refractivity contribution < 1.29 is 26.8 Å². The van der Waals surface area contributed by atoms with Crippen LogP contribution in [0.3, 0.4) is 0 Å². The van der Waals surface area contributed by atoms with Crippen LogP contribution in [0.4, 0.5) is 17.6 Å². The minimum atomic E-state index is -2.04. The van der Waals surface area contributed by atoms with E-state index in [2.05, 4.69) is 10.3 Å². The number of oxazole rings is 1. The van der Waals surface area contributed by atoms with Crippen molar-refractivity contribution in [3.63, 3.8) is 0 Å². The molecule has 4 nitrogen and oxygen atoms in total. The molecule has 1 aliphatic rings. The van der Waals surface area contributed by atoms with Crippen LogP contribution in [0, 0.1) is 23.3 Å². The van der Waals surface area contributed by atoms with Gasteiger partial charge >= 0.3 is 0 Å². The Hall–Kier alpha value is -3.16. The highest BCUT2D eigenvalue weighted by Crippen LogP contribution is 2.34. The van der Waals surface area contributed by atoms with Gasteiger partial charge in [0, 0.05) is 6.08 Å². The minimum Gasteiger partial charge on any atom is -0.437 e. The number of nitrogens with zero attached hydrogens (tertiary/aromatic N) is 1. The predicted molar refractivity (Wildman–Crippen MR) is 75.6 cm³/mol. The molecule has 1 aliphatic heterocycles. The molecule has 2 heterocycles. The smallest absolute Gasteiger partial charge is 0.259 e. The van der Waals surface area contributed by atoms with Gasteiger partial charge in [-0.1, -0.05) is 12.1 Å². The zero-order valence-corrected chi connectivity index (χ0v) is 11.7. The summed E-state index contributed by atoms with van der Waals surface area (Å²) >= 11 is 0. The number of rotatable bonds is 1. The number of halogens is 4. The van der Waals surface area contributed by atoms with Crippen LogP contribution in [0.2, 0.25) is 0 Å². The molecule has 0 spiro atoms. The lowest BCUT2D eigenvalue weighted by atomic mass is 10.1. The Bertz CT molecular complexity index is 1020. The van der Waals surface area contributed by atoms with E-state index in [1.54, 1.807) is 24.3 Å². The lowest BCUT2D eigenvalue weighted by Gasteiger charge is -2.04. The largest absolute Gasteiger partial charge is 0.437 e. The van der Waals surface area contributed by atoms with Crippen molar-refractivity contribution in [2.45, 2.75) is 0 Å². The Labute approximate surface area is 131 Å². The van der Waals surface area contributed by atoms with E-state index in [4.69, 9.17) is 4.42 Å². The van der Waals surface area contributed by atoms with E-state index >= 15 is 0 Å². The van der Waals surface area contributed by atoms with Gasteiger partial charge < -0.3 is 9.73 Å². The highest BCUT2D eigenvalue weighted by atomic mass is 19.2. The molecule has 0 unspecified atom stereocenters. The summed E-state index contributed by atoms with van der Waals surface area (Å²) < 4.78 is 59.9. The van der Waals surface area contributed by atoms with Crippen LogP contribution >= 0.6 is 0 Å². The molecule has 120 valence electrons. The molecule has 1 amide bonds. The minimum absolute atomic E-state index is 0.0103. The fraction of sp³-hybridized carbons (Fsp3) is 0. The maximum Gasteiger partial charge on any atom is 0.259 e. The quantitative estimate of drug-likeness (QED) is 0.420.